The molecule has 4 nitrogen and oxygen atoms in total. The van der Waals surface area contributed by atoms with Crippen LogP contribution in [0.15, 0.2) is 18.2 Å². The maximum atomic E-state index is 10.6. The van der Waals surface area contributed by atoms with Crippen LogP contribution in [0.4, 0.5) is 11.4 Å². The zero-order valence-corrected chi connectivity index (χ0v) is 7.73. The minimum absolute atomic E-state index is 0.0290. The molecule has 1 aliphatic heterocycles. The van der Waals surface area contributed by atoms with Gasteiger partial charge in [0.15, 0.2) is 0 Å². The summed E-state index contributed by atoms with van der Waals surface area (Å²) in [6, 6.07) is 5.70. The van der Waals surface area contributed by atoms with Gasteiger partial charge >= 0.3 is 5.97 Å². The standard InChI is InChI=1S/C10H12N2O2/c11-8-3-1-2-7-4-5-12(10(7)8)6-9(13)14/h1-3H,4-6,11H2,(H,13,14). The molecule has 0 saturated carbocycles. The van der Waals surface area contributed by atoms with Gasteiger partial charge in [-0.25, -0.2) is 0 Å². The van der Waals surface area contributed by atoms with Crippen molar-refractivity contribution in [1.29, 1.82) is 0 Å². The van der Waals surface area contributed by atoms with E-state index in [1.165, 1.54) is 0 Å². The first-order valence-corrected chi connectivity index (χ1v) is 4.52. The second kappa shape index (κ2) is 3.21. The summed E-state index contributed by atoms with van der Waals surface area (Å²) in [4.78, 5) is 12.4. The second-order valence-corrected chi connectivity index (χ2v) is 3.42. The fourth-order valence-electron chi connectivity index (χ4n) is 1.89. The Labute approximate surface area is 81.9 Å². The Bertz CT molecular complexity index is 376. The van der Waals surface area contributed by atoms with Crippen LogP contribution in [-0.4, -0.2) is 24.2 Å². The highest BCUT2D eigenvalue weighted by molar-refractivity contribution is 5.80. The SMILES string of the molecule is Nc1cccc2c1N(CC(=O)O)CC2. The number of carboxylic acid groups (broad SMARTS) is 1. The molecular weight excluding hydrogens is 180 g/mol. The van der Waals surface area contributed by atoms with Crippen LogP contribution in [0.2, 0.25) is 0 Å². The van der Waals surface area contributed by atoms with Gasteiger partial charge in [-0.3, -0.25) is 4.79 Å². The van der Waals surface area contributed by atoms with Crippen LogP contribution in [0, 0.1) is 0 Å². The van der Waals surface area contributed by atoms with Crippen LogP contribution in [0.3, 0.4) is 0 Å². The number of fused-ring (bicyclic) bond motifs is 1. The Morgan fingerprint density at radius 1 is 1.57 bits per heavy atom. The lowest BCUT2D eigenvalue weighted by Gasteiger charge is -2.18. The highest BCUT2D eigenvalue weighted by atomic mass is 16.4. The van der Waals surface area contributed by atoms with Crippen LogP contribution < -0.4 is 10.6 Å². The molecule has 0 bridgehead atoms. The predicted molar refractivity (Wildman–Crippen MR) is 54.4 cm³/mol. The van der Waals surface area contributed by atoms with E-state index < -0.39 is 5.97 Å². The Morgan fingerprint density at radius 3 is 3.07 bits per heavy atom. The van der Waals surface area contributed by atoms with Crippen LogP contribution in [0.1, 0.15) is 5.56 Å². The summed E-state index contributed by atoms with van der Waals surface area (Å²) in [5, 5.41) is 8.71. The lowest BCUT2D eigenvalue weighted by molar-refractivity contribution is -0.135. The van der Waals surface area contributed by atoms with E-state index in [-0.39, 0.29) is 6.54 Å². The number of hydrogen-bond donors (Lipinski definition) is 2. The number of rotatable bonds is 2. The van der Waals surface area contributed by atoms with Gasteiger partial charge in [-0.2, -0.15) is 0 Å². The first kappa shape index (κ1) is 8.87. The van der Waals surface area contributed by atoms with Crippen LogP contribution in [-0.2, 0) is 11.2 Å². The van der Waals surface area contributed by atoms with E-state index in [9.17, 15) is 4.79 Å². The van der Waals surface area contributed by atoms with E-state index in [2.05, 4.69) is 0 Å². The van der Waals surface area contributed by atoms with E-state index in [0.717, 1.165) is 24.2 Å². The number of nitrogen functional groups attached to an aromatic ring is 1. The van der Waals surface area contributed by atoms with Gasteiger partial charge in [0.2, 0.25) is 0 Å². The Hall–Kier alpha value is -1.71. The molecule has 0 aromatic heterocycles. The van der Waals surface area contributed by atoms with Crippen LogP contribution in [0.5, 0.6) is 0 Å². The summed E-state index contributed by atoms with van der Waals surface area (Å²) in [5.74, 6) is -0.818. The average molecular weight is 192 g/mol. The summed E-state index contributed by atoms with van der Waals surface area (Å²) >= 11 is 0. The van der Waals surface area contributed by atoms with Crippen molar-refractivity contribution in [2.75, 3.05) is 23.7 Å². The predicted octanol–water partition coefficient (Wildman–Crippen LogP) is 0.716. The maximum Gasteiger partial charge on any atom is 0.323 e. The summed E-state index contributed by atoms with van der Waals surface area (Å²) in [6.07, 6.45) is 0.883. The van der Waals surface area contributed by atoms with Crippen molar-refractivity contribution in [3.63, 3.8) is 0 Å². The minimum atomic E-state index is -0.818. The zero-order chi connectivity index (χ0) is 10.1. The third-order valence-electron chi connectivity index (χ3n) is 2.44. The Kier molecular flexibility index (Phi) is 2.04. The summed E-state index contributed by atoms with van der Waals surface area (Å²) in [6.45, 7) is 0.775. The van der Waals surface area contributed by atoms with Gasteiger partial charge in [0, 0.05) is 6.54 Å². The van der Waals surface area contributed by atoms with Crippen molar-refractivity contribution in [1.82, 2.24) is 0 Å². The number of aliphatic carboxylic acids is 1. The molecule has 0 amide bonds. The highest BCUT2D eigenvalue weighted by Crippen LogP contribution is 2.32. The number of para-hydroxylation sites is 1. The molecular formula is C10H12N2O2. The number of carbonyl (C=O) groups is 1. The number of nitrogens with zero attached hydrogens (tertiary/aromatic N) is 1. The minimum Gasteiger partial charge on any atom is -0.480 e. The van der Waals surface area contributed by atoms with E-state index in [1.807, 2.05) is 17.0 Å². The molecule has 0 atom stereocenters. The van der Waals surface area contributed by atoms with Gasteiger partial charge in [-0.1, -0.05) is 12.1 Å². The molecule has 3 N–H and O–H groups in total. The largest absolute Gasteiger partial charge is 0.480 e. The van der Waals surface area contributed by atoms with Gasteiger partial charge in [0.25, 0.3) is 0 Å². The van der Waals surface area contributed by atoms with Crippen molar-refractivity contribution in [3.05, 3.63) is 23.8 Å². The van der Waals surface area contributed by atoms with E-state index in [0.29, 0.717) is 5.69 Å². The van der Waals surface area contributed by atoms with Gasteiger partial charge < -0.3 is 15.7 Å². The smallest absolute Gasteiger partial charge is 0.323 e. The summed E-state index contributed by atoms with van der Waals surface area (Å²) < 4.78 is 0. The lowest BCUT2D eigenvalue weighted by Crippen LogP contribution is -2.28. The number of benzene rings is 1. The van der Waals surface area contributed by atoms with Crippen molar-refractivity contribution in [2.24, 2.45) is 0 Å². The van der Waals surface area contributed by atoms with Gasteiger partial charge in [0.1, 0.15) is 6.54 Å². The molecule has 1 heterocycles. The number of hydrogen-bond acceptors (Lipinski definition) is 3. The quantitative estimate of drug-likeness (QED) is 0.677. The van der Waals surface area contributed by atoms with Crippen molar-refractivity contribution in [2.45, 2.75) is 6.42 Å². The molecule has 0 unspecified atom stereocenters. The zero-order valence-electron chi connectivity index (χ0n) is 7.73. The van der Waals surface area contributed by atoms with E-state index in [4.69, 9.17) is 10.8 Å². The van der Waals surface area contributed by atoms with Crippen molar-refractivity contribution in [3.8, 4) is 0 Å². The third kappa shape index (κ3) is 1.39. The first-order chi connectivity index (χ1) is 6.68. The fraction of sp³-hybridized carbons (Fsp3) is 0.300. The molecule has 0 spiro atoms. The Balaban J connectivity index is 2.33. The molecule has 1 aromatic rings. The molecule has 1 aliphatic rings. The summed E-state index contributed by atoms with van der Waals surface area (Å²) in [5.41, 5.74) is 8.51. The molecule has 0 radical (unpaired) electrons. The Morgan fingerprint density at radius 2 is 2.36 bits per heavy atom. The van der Waals surface area contributed by atoms with E-state index >= 15 is 0 Å². The van der Waals surface area contributed by atoms with E-state index in [1.54, 1.807) is 6.07 Å². The topological polar surface area (TPSA) is 66.6 Å². The molecule has 14 heavy (non-hydrogen) atoms. The number of nitrogens with two attached hydrogens (primary N) is 1. The third-order valence-corrected chi connectivity index (χ3v) is 2.44. The van der Waals surface area contributed by atoms with Gasteiger partial charge in [0.05, 0.1) is 11.4 Å². The monoisotopic (exact) mass is 192 g/mol. The average Bonchev–Trinajstić information content (AvgIpc) is 2.49. The molecule has 1 aromatic carbocycles. The molecule has 4 heteroatoms. The highest BCUT2D eigenvalue weighted by Gasteiger charge is 2.22. The molecule has 74 valence electrons. The molecule has 2 rings (SSSR count). The normalized spacial score (nSPS) is 14.1. The maximum absolute atomic E-state index is 10.6. The second-order valence-electron chi connectivity index (χ2n) is 3.42. The van der Waals surface area contributed by atoms with Gasteiger partial charge in [-0.15, -0.1) is 0 Å². The number of carboxylic acids is 1. The van der Waals surface area contributed by atoms with Crippen LogP contribution >= 0.6 is 0 Å². The molecule has 0 saturated heterocycles. The number of anilines is 2. The van der Waals surface area contributed by atoms with Crippen molar-refractivity contribution >= 4 is 17.3 Å². The first-order valence-electron chi connectivity index (χ1n) is 4.52. The van der Waals surface area contributed by atoms with Gasteiger partial charge in [-0.05, 0) is 18.1 Å². The van der Waals surface area contributed by atoms with Crippen LogP contribution in [0.25, 0.3) is 0 Å². The molecule has 0 aliphatic carbocycles. The molecule has 0 fully saturated rings. The lowest BCUT2D eigenvalue weighted by atomic mass is 10.1. The summed E-state index contributed by atoms with van der Waals surface area (Å²) in [7, 11) is 0. The van der Waals surface area contributed by atoms with Crippen molar-refractivity contribution < 1.29 is 9.90 Å². The fourth-order valence-corrected chi connectivity index (χ4v) is 1.89.